The first-order valence-electron chi connectivity index (χ1n) is 5.23. The molecule has 0 spiro atoms. The lowest BCUT2D eigenvalue weighted by Gasteiger charge is -2.11. The third-order valence-electron chi connectivity index (χ3n) is 2.51. The molecule has 1 N–H and O–H groups in total. The molecule has 0 fully saturated rings. The summed E-state index contributed by atoms with van der Waals surface area (Å²) < 4.78 is 0. The molecule has 17 heavy (non-hydrogen) atoms. The van der Waals surface area contributed by atoms with Crippen molar-refractivity contribution in [3.63, 3.8) is 0 Å². The zero-order chi connectivity index (χ0) is 12.3. The zero-order valence-electron chi connectivity index (χ0n) is 9.37. The van der Waals surface area contributed by atoms with Crippen LogP contribution in [0.4, 0.5) is 11.4 Å². The van der Waals surface area contributed by atoms with Gasteiger partial charge in [-0.3, -0.25) is 0 Å². The summed E-state index contributed by atoms with van der Waals surface area (Å²) in [5, 5.41) is 13.0. The van der Waals surface area contributed by atoms with Gasteiger partial charge in [0, 0.05) is 10.7 Å². The van der Waals surface area contributed by atoms with Crippen molar-refractivity contribution in [2.24, 2.45) is 0 Å². The van der Waals surface area contributed by atoms with Gasteiger partial charge in [0.25, 0.3) is 0 Å². The maximum Gasteiger partial charge on any atom is 0.101 e. The van der Waals surface area contributed by atoms with Crippen molar-refractivity contribution in [2.75, 3.05) is 5.32 Å². The van der Waals surface area contributed by atoms with Crippen LogP contribution >= 0.6 is 11.6 Å². The number of halogens is 1. The lowest BCUT2D eigenvalue weighted by molar-refractivity contribution is 1.39. The highest BCUT2D eigenvalue weighted by molar-refractivity contribution is 6.30. The smallest absolute Gasteiger partial charge is 0.101 e. The van der Waals surface area contributed by atoms with Crippen LogP contribution < -0.4 is 5.32 Å². The third-order valence-corrected chi connectivity index (χ3v) is 2.76. The minimum atomic E-state index is 0.639. The molecule has 0 amide bonds. The number of nitrogens with zero attached hydrogens (tertiary/aromatic N) is 1. The number of para-hydroxylation sites is 1. The molecule has 2 nitrogen and oxygen atoms in total. The lowest BCUT2D eigenvalue weighted by Crippen LogP contribution is -1.96. The number of rotatable bonds is 2. The minimum absolute atomic E-state index is 0.639. The molecule has 0 bridgehead atoms. The normalized spacial score (nSPS) is 9.71. The molecule has 0 saturated carbocycles. The fourth-order valence-electron chi connectivity index (χ4n) is 1.60. The minimum Gasteiger partial charge on any atom is -0.354 e. The Bertz CT molecular complexity index is 568. The van der Waals surface area contributed by atoms with Crippen LogP contribution in [0.5, 0.6) is 0 Å². The van der Waals surface area contributed by atoms with E-state index in [2.05, 4.69) is 11.4 Å². The van der Waals surface area contributed by atoms with Crippen LogP contribution in [-0.2, 0) is 0 Å². The molecule has 0 aliphatic heterocycles. The summed E-state index contributed by atoms with van der Waals surface area (Å²) in [6.07, 6.45) is 0. The van der Waals surface area contributed by atoms with Crippen molar-refractivity contribution in [2.45, 2.75) is 6.92 Å². The molecular formula is C14H11ClN2. The van der Waals surface area contributed by atoms with Crippen LogP contribution in [0.2, 0.25) is 5.02 Å². The Morgan fingerprint density at radius 1 is 1.12 bits per heavy atom. The van der Waals surface area contributed by atoms with Gasteiger partial charge in [-0.2, -0.15) is 5.26 Å². The first-order valence-corrected chi connectivity index (χ1v) is 5.61. The summed E-state index contributed by atoms with van der Waals surface area (Å²) in [6, 6.07) is 15.2. The number of benzene rings is 2. The average Bonchev–Trinajstić information content (AvgIpc) is 2.34. The van der Waals surface area contributed by atoms with Crippen molar-refractivity contribution >= 4 is 23.0 Å². The molecule has 0 aromatic heterocycles. The SMILES string of the molecule is Cc1cccc(C#N)c1Nc1ccc(Cl)cc1. The zero-order valence-corrected chi connectivity index (χ0v) is 10.1. The molecule has 84 valence electrons. The molecule has 2 aromatic rings. The Morgan fingerprint density at radius 2 is 1.82 bits per heavy atom. The molecule has 0 unspecified atom stereocenters. The van der Waals surface area contributed by atoms with E-state index in [0.717, 1.165) is 16.9 Å². The van der Waals surface area contributed by atoms with Crippen molar-refractivity contribution in [1.82, 2.24) is 0 Å². The highest BCUT2D eigenvalue weighted by Gasteiger charge is 2.04. The second kappa shape index (κ2) is 4.90. The van der Waals surface area contributed by atoms with Gasteiger partial charge in [-0.1, -0.05) is 23.7 Å². The molecule has 2 rings (SSSR count). The van der Waals surface area contributed by atoms with E-state index < -0.39 is 0 Å². The van der Waals surface area contributed by atoms with Gasteiger partial charge in [0.05, 0.1) is 11.3 Å². The van der Waals surface area contributed by atoms with Crippen molar-refractivity contribution in [3.05, 3.63) is 58.6 Å². The summed E-state index contributed by atoms with van der Waals surface area (Å²) in [5.74, 6) is 0. The number of hydrogen-bond donors (Lipinski definition) is 1. The van der Waals surface area contributed by atoms with Crippen LogP contribution in [0.1, 0.15) is 11.1 Å². The largest absolute Gasteiger partial charge is 0.354 e. The second-order valence-electron chi connectivity index (χ2n) is 3.74. The van der Waals surface area contributed by atoms with E-state index >= 15 is 0 Å². The summed E-state index contributed by atoms with van der Waals surface area (Å²) in [5.41, 5.74) is 3.44. The molecule has 0 atom stereocenters. The van der Waals surface area contributed by atoms with Crippen molar-refractivity contribution < 1.29 is 0 Å². The first-order chi connectivity index (χ1) is 8.20. The van der Waals surface area contributed by atoms with E-state index in [4.69, 9.17) is 16.9 Å². The van der Waals surface area contributed by atoms with Crippen LogP contribution in [0, 0.1) is 18.3 Å². The van der Waals surface area contributed by atoms with Crippen LogP contribution in [0.25, 0.3) is 0 Å². The fourth-order valence-corrected chi connectivity index (χ4v) is 1.73. The molecule has 0 aliphatic rings. The summed E-state index contributed by atoms with van der Waals surface area (Å²) in [7, 11) is 0. The maximum atomic E-state index is 9.05. The summed E-state index contributed by atoms with van der Waals surface area (Å²) in [6.45, 7) is 1.97. The van der Waals surface area contributed by atoms with E-state index in [-0.39, 0.29) is 0 Å². The van der Waals surface area contributed by atoms with Gasteiger partial charge in [0.1, 0.15) is 6.07 Å². The average molecular weight is 243 g/mol. The predicted molar refractivity (Wildman–Crippen MR) is 70.6 cm³/mol. The van der Waals surface area contributed by atoms with Gasteiger partial charge in [-0.15, -0.1) is 0 Å². The highest BCUT2D eigenvalue weighted by atomic mass is 35.5. The topological polar surface area (TPSA) is 35.8 Å². The van der Waals surface area contributed by atoms with Gasteiger partial charge in [-0.05, 0) is 42.8 Å². The second-order valence-corrected chi connectivity index (χ2v) is 4.18. The molecular weight excluding hydrogens is 232 g/mol. The standard InChI is InChI=1S/C14H11ClN2/c1-10-3-2-4-11(9-16)14(10)17-13-7-5-12(15)6-8-13/h2-8,17H,1H3. The fraction of sp³-hybridized carbons (Fsp3) is 0.0714. The van der Waals surface area contributed by atoms with Gasteiger partial charge >= 0.3 is 0 Å². The number of nitrogens with one attached hydrogen (secondary N) is 1. The molecule has 0 radical (unpaired) electrons. The summed E-state index contributed by atoms with van der Waals surface area (Å²) in [4.78, 5) is 0. The maximum absolute atomic E-state index is 9.05. The van der Waals surface area contributed by atoms with E-state index in [1.807, 2.05) is 43.3 Å². The Hall–Kier alpha value is -1.98. The Balaban J connectivity index is 2.36. The predicted octanol–water partition coefficient (Wildman–Crippen LogP) is 4.26. The van der Waals surface area contributed by atoms with Gasteiger partial charge in [0.2, 0.25) is 0 Å². The molecule has 2 aromatic carbocycles. The Kier molecular flexibility index (Phi) is 3.32. The van der Waals surface area contributed by atoms with Crippen LogP contribution in [-0.4, -0.2) is 0 Å². The Labute approximate surface area is 105 Å². The van der Waals surface area contributed by atoms with E-state index in [0.29, 0.717) is 10.6 Å². The molecule has 0 heterocycles. The first kappa shape index (κ1) is 11.5. The van der Waals surface area contributed by atoms with Crippen LogP contribution in [0.3, 0.4) is 0 Å². The number of nitriles is 1. The van der Waals surface area contributed by atoms with Gasteiger partial charge < -0.3 is 5.32 Å². The number of aryl methyl sites for hydroxylation is 1. The van der Waals surface area contributed by atoms with Gasteiger partial charge in [-0.25, -0.2) is 0 Å². The summed E-state index contributed by atoms with van der Waals surface area (Å²) >= 11 is 5.82. The third kappa shape index (κ3) is 2.58. The van der Waals surface area contributed by atoms with Gasteiger partial charge in [0.15, 0.2) is 0 Å². The lowest BCUT2D eigenvalue weighted by atomic mass is 10.1. The highest BCUT2D eigenvalue weighted by Crippen LogP contribution is 2.25. The van der Waals surface area contributed by atoms with Crippen LogP contribution in [0.15, 0.2) is 42.5 Å². The molecule has 0 saturated heterocycles. The van der Waals surface area contributed by atoms with E-state index in [9.17, 15) is 0 Å². The number of hydrogen-bond acceptors (Lipinski definition) is 2. The van der Waals surface area contributed by atoms with Crippen molar-refractivity contribution in [3.8, 4) is 6.07 Å². The van der Waals surface area contributed by atoms with E-state index in [1.54, 1.807) is 6.07 Å². The quantitative estimate of drug-likeness (QED) is 0.854. The monoisotopic (exact) mass is 242 g/mol. The Morgan fingerprint density at radius 3 is 2.47 bits per heavy atom. The van der Waals surface area contributed by atoms with E-state index in [1.165, 1.54) is 0 Å². The molecule has 0 aliphatic carbocycles. The molecule has 3 heteroatoms. The van der Waals surface area contributed by atoms with Crippen molar-refractivity contribution in [1.29, 1.82) is 5.26 Å². The number of anilines is 2.